The molecule has 2 aliphatic heterocycles. The maximum atomic E-state index is 12.4. The standard InChI is InChI=1S/C18H24N12O/c1-6(2)29-14-9(8-11(19)26-27-15(8)29)13(21)28(5-22-14)17-23-10-12(20)24-18(31)30(7(3)4)16(10)25-17/h5-7,16,21H,20H2,1-4H3,(H5,19,23,24,25,26,27,31)/p+1. The molecule has 2 amide bonds. The Kier molecular flexibility index (Phi) is 3.81. The number of nitrogens with one attached hydrogen (secondary N) is 3. The fraction of sp³-hybridized carbons (Fsp3) is 0.389. The van der Waals surface area contributed by atoms with Gasteiger partial charge in [-0.05, 0) is 27.7 Å². The number of aromatic nitrogens is 5. The van der Waals surface area contributed by atoms with E-state index in [4.69, 9.17) is 22.2 Å². The number of aliphatic imine (C=N–C) groups is 1. The summed E-state index contributed by atoms with van der Waals surface area (Å²) in [4.78, 5) is 23.4. The van der Waals surface area contributed by atoms with Gasteiger partial charge in [-0.25, -0.2) is 4.79 Å². The Bertz CT molecular complexity index is 1310. The van der Waals surface area contributed by atoms with Gasteiger partial charge in [0.1, 0.15) is 22.7 Å². The van der Waals surface area contributed by atoms with Crippen molar-refractivity contribution in [2.24, 2.45) is 10.7 Å². The SMILES string of the molecule is CC(C)N1C(=O)NC(N)=C2NC([n+]3cnc4c(c3N)c3c(N)[nH]nc3n4C(C)C)=NC21. The number of nitrogens with two attached hydrogens (primary N) is 3. The Morgan fingerprint density at radius 2 is 1.81 bits per heavy atom. The van der Waals surface area contributed by atoms with Crippen molar-refractivity contribution in [2.75, 3.05) is 11.5 Å². The number of anilines is 2. The van der Waals surface area contributed by atoms with E-state index in [1.807, 2.05) is 32.3 Å². The zero-order chi connectivity index (χ0) is 22.2. The Balaban J connectivity index is 1.71. The molecule has 3 aromatic rings. The minimum atomic E-state index is -0.578. The summed E-state index contributed by atoms with van der Waals surface area (Å²) in [6, 6.07) is -0.301. The highest BCUT2D eigenvalue weighted by atomic mass is 16.2. The van der Waals surface area contributed by atoms with Crippen LogP contribution in [0.1, 0.15) is 33.7 Å². The normalized spacial score (nSPS) is 18.9. The van der Waals surface area contributed by atoms with Crippen LogP contribution < -0.4 is 32.4 Å². The average molecular weight is 425 g/mol. The number of rotatable bonds is 2. The average Bonchev–Trinajstić information content (AvgIpc) is 3.35. The second kappa shape index (κ2) is 6.23. The van der Waals surface area contributed by atoms with Crippen LogP contribution in [0.4, 0.5) is 16.4 Å². The number of fused-ring (bicyclic) bond motifs is 4. The zero-order valence-electron chi connectivity index (χ0n) is 17.6. The van der Waals surface area contributed by atoms with Crippen molar-refractivity contribution in [1.82, 2.24) is 35.3 Å². The number of amides is 2. The number of urea groups is 1. The molecule has 2 aliphatic rings. The van der Waals surface area contributed by atoms with Gasteiger partial charge in [0.15, 0.2) is 23.4 Å². The number of aromatic amines is 1. The number of carbonyl (C=O) groups is 1. The fourth-order valence-corrected chi connectivity index (χ4v) is 4.22. The van der Waals surface area contributed by atoms with E-state index < -0.39 is 6.17 Å². The van der Waals surface area contributed by atoms with Crippen molar-refractivity contribution in [3.8, 4) is 0 Å². The van der Waals surface area contributed by atoms with E-state index >= 15 is 0 Å². The lowest BCUT2D eigenvalue weighted by Gasteiger charge is -2.33. The summed E-state index contributed by atoms with van der Waals surface area (Å²) < 4.78 is 3.60. The smallest absolute Gasteiger partial charge is 0.327 e. The van der Waals surface area contributed by atoms with Crippen LogP contribution in [0.5, 0.6) is 0 Å². The predicted octanol–water partition coefficient (Wildman–Crippen LogP) is -0.360. The molecule has 0 saturated heterocycles. The van der Waals surface area contributed by atoms with Crippen LogP contribution in [0.15, 0.2) is 22.8 Å². The molecule has 0 bridgehead atoms. The lowest BCUT2D eigenvalue weighted by atomic mass is 10.2. The van der Waals surface area contributed by atoms with Crippen LogP contribution in [0, 0.1) is 0 Å². The molecule has 0 radical (unpaired) electrons. The van der Waals surface area contributed by atoms with Gasteiger partial charge in [-0.1, -0.05) is 0 Å². The summed E-state index contributed by atoms with van der Waals surface area (Å²) in [5.74, 6) is 1.44. The third-order valence-corrected chi connectivity index (χ3v) is 5.60. The number of nitrogen functional groups attached to an aromatic ring is 2. The lowest BCUT2D eigenvalue weighted by Crippen LogP contribution is -2.56. The van der Waals surface area contributed by atoms with E-state index in [0.717, 1.165) is 0 Å². The largest absolute Gasteiger partial charge is 0.383 e. The summed E-state index contributed by atoms with van der Waals surface area (Å²) in [6.07, 6.45) is 1.01. The monoisotopic (exact) mass is 425 g/mol. The first-order valence-corrected chi connectivity index (χ1v) is 9.98. The first-order chi connectivity index (χ1) is 14.7. The molecular weight excluding hydrogens is 400 g/mol. The van der Waals surface area contributed by atoms with Gasteiger partial charge in [-0.2, -0.15) is 9.67 Å². The first kappa shape index (κ1) is 19.0. The number of nitrogens with zero attached hydrogens (tertiary/aromatic N) is 6. The van der Waals surface area contributed by atoms with Crippen LogP contribution in [-0.2, 0) is 0 Å². The molecule has 13 heteroatoms. The quantitative estimate of drug-likeness (QED) is 0.303. The van der Waals surface area contributed by atoms with Crippen molar-refractivity contribution < 1.29 is 9.36 Å². The van der Waals surface area contributed by atoms with Gasteiger partial charge in [0.2, 0.25) is 6.17 Å². The summed E-state index contributed by atoms with van der Waals surface area (Å²) in [5.41, 5.74) is 20.8. The van der Waals surface area contributed by atoms with Crippen molar-refractivity contribution >= 4 is 45.7 Å². The molecule has 0 aromatic carbocycles. The molecule has 5 rings (SSSR count). The Hall–Kier alpha value is -4.03. The molecule has 1 atom stereocenters. The minimum Gasteiger partial charge on any atom is -0.383 e. The van der Waals surface area contributed by atoms with Crippen LogP contribution in [0.3, 0.4) is 0 Å². The van der Waals surface area contributed by atoms with Gasteiger partial charge >= 0.3 is 12.0 Å². The molecule has 0 spiro atoms. The first-order valence-electron chi connectivity index (χ1n) is 9.98. The highest BCUT2D eigenvalue weighted by Gasteiger charge is 2.43. The molecule has 0 saturated carbocycles. The van der Waals surface area contributed by atoms with Crippen molar-refractivity contribution in [1.29, 1.82) is 0 Å². The summed E-state index contributed by atoms with van der Waals surface area (Å²) >= 11 is 0. The fourth-order valence-electron chi connectivity index (χ4n) is 4.22. The van der Waals surface area contributed by atoms with Gasteiger partial charge in [0.05, 0.1) is 5.39 Å². The van der Waals surface area contributed by atoms with Crippen LogP contribution in [0.2, 0.25) is 0 Å². The molecule has 162 valence electrons. The zero-order valence-corrected chi connectivity index (χ0v) is 17.6. The third-order valence-electron chi connectivity index (χ3n) is 5.60. The van der Waals surface area contributed by atoms with Gasteiger partial charge in [0, 0.05) is 12.1 Å². The highest BCUT2D eigenvalue weighted by Crippen LogP contribution is 2.34. The number of hydrogen-bond acceptors (Lipinski definition) is 8. The van der Waals surface area contributed by atoms with Gasteiger partial charge in [-0.3, -0.25) is 25.2 Å². The van der Waals surface area contributed by atoms with Crippen molar-refractivity contribution in [3.05, 3.63) is 17.8 Å². The molecule has 3 aromatic heterocycles. The summed E-state index contributed by atoms with van der Waals surface area (Å²) in [6.45, 7) is 7.90. The molecule has 31 heavy (non-hydrogen) atoms. The van der Waals surface area contributed by atoms with E-state index in [1.54, 1.807) is 15.8 Å². The molecule has 5 heterocycles. The molecule has 0 aliphatic carbocycles. The van der Waals surface area contributed by atoms with E-state index in [0.29, 0.717) is 45.4 Å². The van der Waals surface area contributed by atoms with Crippen molar-refractivity contribution in [3.63, 3.8) is 0 Å². The molecule has 0 fully saturated rings. The van der Waals surface area contributed by atoms with E-state index in [-0.39, 0.29) is 23.9 Å². The Morgan fingerprint density at radius 1 is 1.06 bits per heavy atom. The Labute approximate surface area is 177 Å². The van der Waals surface area contributed by atoms with Gasteiger partial charge in [-0.15, -0.1) is 9.98 Å². The van der Waals surface area contributed by atoms with E-state index in [1.165, 1.54) is 0 Å². The molecule has 1 unspecified atom stereocenters. The van der Waals surface area contributed by atoms with E-state index in [2.05, 4.69) is 25.8 Å². The topological polar surface area (TPSA) is 185 Å². The van der Waals surface area contributed by atoms with Crippen LogP contribution >= 0.6 is 0 Å². The van der Waals surface area contributed by atoms with Crippen molar-refractivity contribution in [2.45, 2.75) is 45.9 Å². The number of H-pyrrole nitrogens is 1. The maximum absolute atomic E-state index is 12.4. The number of hydrogen-bond donors (Lipinski definition) is 6. The maximum Gasteiger partial charge on any atom is 0.327 e. The summed E-state index contributed by atoms with van der Waals surface area (Å²) in [7, 11) is 0. The molecular formula is C18H25N12O+. The van der Waals surface area contributed by atoms with Gasteiger partial charge in [0.25, 0.3) is 0 Å². The van der Waals surface area contributed by atoms with Crippen LogP contribution in [0.25, 0.3) is 22.1 Å². The lowest BCUT2D eigenvalue weighted by molar-refractivity contribution is -0.544. The highest BCUT2D eigenvalue weighted by molar-refractivity contribution is 6.14. The van der Waals surface area contributed by atoms with Gasteiger partial charge < -0.3 is 17.2 Å². The second-order valence-corrected chi connectivity index (χ2v) is 8.21. The third kappa shape index (κ3) is 2.45. The summed E-state index contributed by atoms with van der Waals surface area (Å²) in [5, 5.41) is 14.4. The van der Waals surface area contributed by atoms with Crippen LogP contribution in [-0.4, -0.2) is 48.8 Å². The molecule has 13 nitrogen and oxygen atoms in total. The van der Waals surface area contributed by atoms with E-state index in [9.17, 15) is 4.79 Å². The second-order valence-electron chi connectivity index (χ2n) is 8.21. The minimum absolute atomic E-state index is 0.0913. The molecule has 9 N–H and O–H groups in total. The number of carbonyl (C=O) groups excluding carboxylic acids is 1. The Morgan fingerprint density at radius 3 is 2.48 bits per heavy atom. The predicted molar refractivity (Wildman–Crippen MR) is 115 cm³/mol.